The van der Waals surface area contributed by atoms with Crippen LogP contribution < -0.4 is 64.2 Å². The monoisotopic (exact) mass is 447 g/mol. The van der Waals surface area contributed by atoms with E-state index in [2.05, 4.69) is 21.1 Å². The van der Waals surface area contributed by atoms with Gasteiger partial charge in [-0.1, -0.05) is 23.9 Å². The van der Waals surface area contributed by atoms with Crippen molar-refractivity contribution in [2.24, 2.45) is 0 Å². The molecule has 0 saturated heterocycles. The molecule has 11 nitrogen and oxygen atoms in total. The first kappa shape index (κ1) is 34.7. The summed E-state index contributed by atoms with van der Waals surface area (Å²) >= 11 is 0. The van der Waals surface area contributed by atoms with Crippen molar-refractivity contribution >= 4 is 24.3 Å². The Labute approximate surface area is 202 Å². The Bertz CT molecular complexity index is 731. The predicted octanol–water partition coefficient (Wildman–Crippen LogP) is -7.86. The molecule has 1 rings (SSSR count). The van der Waals surface area contributed by atoms with Gasteiger partial charge in [-0.15, -0.1) is 0 Å². The second kappa shape index (κ2) is 15.1. The van der Waals surface area contributed by atoms with Crippen molar-refractivity contribution in [1.82, 2.24) is 0 Å². The van der Waals surface area contributed by atoms with Crippen molar-refractivity contribution in [3.05, 3.63) is 29.8 Å². The smallest absolute Gasteiger partial charge is 0.872 e. The fraction of sp³-hybridized carbons (Fsp3) is 0.417. The average Bonchev–Trinajstić information content (AvgIpc) is 2.36. The van der Waals surface area contributed by atoms with Gasteiger partial charge >= 0.3 is 65.1 Å². The van der Waals surface area contributed by atoms with Crippen molar-refractivity contribution in [3.63, 3.8) is 0 Å². The van der Waals surface area contributed by atoms with Gasteiger partial charge in [-0.3, -0.25) is 0 Å². The Hall–Kier alpha value is 0.230. The Balaban J connectivity index is -0.000000145. The minimum Gasteiger partial charge on any atom is -0.872 e. The number of carboxylic acids is 1. The van der Waals surface area contributed by atoms with Gasteiger partial charge in [-0.2, -0.15) is 0 Å². The molecule has 15 heteroatoms. The molecule has 1 aromatic carbocycles. The Kier molecular flexibility index (Phi) is 19.4. The summed E-state index contributed by atoms with van der Waals surface area (Å²) in [5, 5.41) is 27.4. The summed E-state index contributed by atoms with van der Waals surface area (Å²) in [7, 11) is -5.19. The molecule has 0 aliphatic rings. The number of likely N-dealkylation sites (N-methyl/N-ethyl adjacent to an activating group) is 1. The molecule has 0 fully saturated rings. The molecule has 0 unspecified atom stereocenters. The summed E-state index contributed by atoms with van der Waals surface area (Å²) in [6, 6.07) is 5.54. The minimum atomic E-state index is -5.67. The van der Waals surface area contributed by atoms with E-state index in [1.54, 1.807) is 0 Å². The standard InChI is InChI=1S/C7H6O3.C5H14NO.2Na.H2O6S2/c8-6-4-2-1-3-5(6)7(9)10;1-6(2,3)4-5-7;;;1-7(2,3)8(4,5)6/h1-4,8H,(H,9,10);7H,4-5H2,1-3H3;;;(H,1,2,3)(H,4,5,6)/q;3*+1;/p-3. The van der Waals surface area contributed by atoms with Crippen LogP contribution in [0.25, 0.3) is 0 Å². The zero-order chi connectivity index (χ0) is 20.5. The van der Waals surface area contributed by atoms with E-state index in [1.807, 2.05) is 0 Å². The van der Waals surface area contributed by atoms with E-state index in [-0.39, 0.29) is 71.3 Å². The molecule has 146 valence electrons. The van der Waals surface area contributed by atoms with Gasteiger partial charge < -0.3 is 28.9 Å². The third-order valence-electron chi connectivity index (χ3n) is 2.14. The van der Waals surface area contributed by atoms with Crippen LogP contribution in [0.3, 0.4) is 0 Å². The molecule has 0 bridgehead atoms. The van der Waals surface area contributed by atoms with Gasteiger partial charge in [-0.25, -0.2) is 21.6 Å². The number of hydrogen-bond donors (Lipinski definition) is 2. The normalized spacial score (nSPS) is 10.6. The summed E-state index contributed by atoms with van der Waals surface area (Å²) < 4.78 is 56.0. The van der Waals surface area contributed by atoms with Crippen LogP contribution in [0.1, 0.15) is 10.4 Å². The number of aliphatic hydroxyl groups is 1. The number of aromatic carboxylic acids is 1. The topological polar surface area (TPSA) is 195 Å². The Morgan fingerprint density at radius 3 is 1.52 bits per heavy atom. The molecule has 0 spiro atoms. The van der Waals surface area contributed by atoms with Gasteiger partial charge in [0.1, 0.15) is 6.54 Å². The van der Waals surface area contributed by atoms with Crippen LogP contribution in [0.15, 0.2) is 24.3 Å². The number of hydrogen-bond acceptors (Lipinski definition) is 9. The van der Waals surface area contributed by atoms with Gasteiger partial charge in [0, 0.05) is 0 Å². The molecule has 0 aliphatic carbocycles. The molecular weight excluding hydrogens is 428 g/mol. The van der Waals surface area contributed by atoms with Crippen LogP contribution in [0.5, 0.6) is 5.75 Å². The average molecular weight is 447 g/mol. The van der Waals surface area contributed by atoms with E-state index in [4.69, 9.17) is 10.2 Å². The van der Waals surface area contributed by atoms with E-state index >= 15 is 0 Å². The SMILES string of the molecule is C[N+](C)(C)CCO.O=C(O)c1ccccc1[O-].O=S(=O)([O-])S(=O)(=O)[O-].[Na+].[Na+]. The Morgan fingerprint density at radius 1 is 1.00 bits per heavy atom. The van der Waals surface area contributed by atoms with Crippen molar-refractivity contribution in [3.8, 4) is 5.75 Å². The molecule has 0 aliphatic heterocycles. The van der Waals surface area contributed by atoms with E-state index in [9.17, 15) is 35.8 Å². The van der Waals surface area contributed by atoms with Gasteiger partial charge in [0.05, 0.1) is 33.3 Å². The fourth-order valence-electron chi connectivity index (χ4n) is 0.943. The largest absolute Gasteiger partial charge is 1.00 e. The van der Waals surface area contributed by atoms with Crippen LogP contribution in [-0.4, -0.2) is 80.9 Å². The summed E-state index contributed by atoms with van der Waals surface area (Å²) in [6.07, 6.45) is 0. The molecule has 1 aromatic rings. The van der Waals surface area contributed by atoms with Crippen molar-refractivity contribution < 1.29 is 110 Å². The first-order valence-electron chi connectivity index (χ1n) is 6.35. The van der Waals surface area contributed by atoms with Gasteiger partial charge in [0.25, 0.3) is 0 Å². The third kappa shape index (κ3) is 19.3. The third-order valence-corrected chi connectivity index (χ3v) is 4.14. The summed E-state index contributed by atoms with van der Waals surface area (Å²) in [5.74, 6) is -1.62. The molecule has 0 atom stereocenters. The molecule has 0 aromatic heterocycles. The van der Waals surface area contributed by atoms with E-state index < -0.39 is 30.0 Å². The quantitative estimate of drug-likeness (QED) is 0.194. The van der Waals surface area contributed by atoms with Gasteiger partial charge in [0.2, 0.25) is 0 Å². The number of carboxylic acid groups (broad SMARTS) is 1. The zero-order valence-electron chi connectivity index (χ0n) is 15.6. The summed E-state index contributed by atoms with van der Waals surface area (Å²) in [6.45, 7) is 1.11. The molecule has 0 heterocycles. The van der Waals surface area contributed by atoms with Crippen molar-refractivity contribution in [2.75, 3.05) is 34.3 Å². The number of aliphatic hydroxyl groups excluding tert-OH is 1. The second-order valence-corrected chi connectivity index (χ2v) is 9.44. The van der Waals surface area contributed by atoms with Crippen LogP contribution in [-0.2, 0) is 18.3 Å². The Morgan fingerprint density at radius 2 is 1.37 bits per heavy atom. The maximum absolute atomic E-state index is 10.7. The molecule has 0 amide bonds. The number of rotatable bonds is 4. The second-order valence-electron chi connectivity index (χ2n) is 5.36. The predicted molar refractivity (Wildman–Crippen MR) is 82.2 cm³/mol. The van der Waals surface area contributed by atoms with Gasteiger partial charge in [0.15, 0.2) is 18.3 Å². The first-order valence-corrected chi connectivity index (χ1v) is 9.68. The van der Waals surface area contributed by atoms with Crippen LogP contribution in [0, 0.1) is 0 Å². The molecule has 0 radical (unpaired) electrons. The van der Waals surface area contributed by atoms with Crippen LogP contribution in [0.4, 0.5) is 0 Å². The van der Waals surface area contributed by atoms with Crippen molar-refractivity contribution in [2.45, 2.75) is 0 Å². The molecule has 0 saturated carbocycles. The van der Waals surface area contributed by atoms with E-state index in [0.29, 0.717) is 0 Å². The number of para-hydroxylation sites is 1. The molecule has 2 N–H and O–H groups in total. The summed E-state index contributed by atoms with van der Waals surface area (Å²) in [5.41, 5.74) is -0.178. The van der Waals surface area contributed by atoms with E-state index in [1.165, 1.54) is 24.3 Å². The maximum Gasteiger partial charge on any atom is 1.00 e. The molecular formula is C12H19NNa2O10S2. The first-order chi connectivity index (χ1) is 11.0. The maximum atomic E-state index is 10.7. The molecule has 27 heavy (non-hydrogen) atoms. The zero-order valence-corrected chi connectivity index (χ0v) is 21.3. The number of quaternary nitrogens is 1. The minimum absolute atomic E-state index is 0. The number of carbonyl (C=O) groups is 1. The fourth-order valence-corrected chi connectivity index (χ4v) is 0.943. The van der Waals surface area contributed by atoms with E-state index in [0.717, 1.165) is 11.0 Å². The van der Waals surface area contributed by atoms with Crippen molar-refractivity contribution in [1.29, 1.82) is 0 Å². The number of nitrogens with zero attached hydrogens (tertiary/aromatic N) is 1. The van der Waals surface area contributed by atoms with Crippen LogP contribution in [0.2, 0.25) is 0 Å². The van der Waals surface area contributed by atoms with Gasteiger partial charge in [-0.05, 0) is 6.07 Å². The summed E-state index contributed by atoms with van der Waals surface area (Å²) in [4.78, 5) is 10.2. The number of benzene rings is 1. The van der Waals surface area contributed by atoms with Crippen LogP contribution >= 0.6 is 0 Å².